The summed E-state index contributed by atoms with van der Waals surface area (Å²) in [6.45, 7) is 4.59. The Balaban J connectivity index is 1.24. The number of aryl methyl sites for hydroxylation is 1. The summed E-state index contributed by atoms with van der Waals surface area (Å²) in [4.78, 5) is 48.4. The molecule has 2 aromatic rings. The lowest BCUT2D eigenvalue weighted by Crippen LogP contribution is -2.52. The quantitative estimate of drug-likeness (QED) is 0.474. The van der Waals surface area contributed by atoms with E-state index >= 15 is 0 Å². The largest absolute Gasteiger partial charge is 0.436 e. The lowest BCUT2D eigenvalue weighted by Gasteiger charge is -2.40. The van der Waals surface area contributed by atoms with Gasteiger partial charge >= 0.3 is 12.1 Å². The Bertz CT molecular complexity index is 1260. The van der Waals surface area contributed by atoms with Crippen molar-refractivity contribution in [2.45, 2.75) is 63.8 Å². The van der Waals surface area contributed by atoms with Gasteiger partial charge in [-0.25, -0.2) is 9.59 Å². The van der Waals surface area contributed by atoms with Gasteiger partial charge in [0.15, 0.2) is 6.10 Å². The number of piperidine rings is 2. The van der Waals surface area contributed by atoms with Crippen LogP contribution in [0.1, 0.15) is 41.7 Å². The Morgan fingerprint density at radius 2 is 1.83 bits per heavy atom. The number of urea groups is 1. The smallest absolute Gasteiger partial charge is 0.410 e. The Labute approximate surface area is 250 Å². The molecule has 41 heavy (non-hydrogen) atoms. The average Bonchev–Trinajstić information content (AvgIpc) is 3.42. The number of nitrogens with zero attached hydrogens (tertiary/aromatic N) is 4. The van der Waals surface area contributed by atoms with Gasteiger partial charge in [0.25, 0.3) is 5.91 Å². The molecule has 3 N–H and O–H groups in total. The number of fused-ring (bicyclic) bond motifs is 1. The number of nitrogens with one attached hydrogen (secondary N) is 1. The molecule has 2 fully saturated rings. The second-order valence-corrected chi connectivity index (χ2v) is 12.8. The molecule has 0 saturated carbocycles. The van der Waals surface area contributed by atoms with E-state index in [1.807, 2.05) is 34.2 Å². The van der Waals surface area contributed by atoms with Crippen LogP contribution in [0.2, 0.25) is 5.02 Å². The fraction of sp³-hybridized carbons (Fsp3) is 0.552. The molecule has 0 unspecified atom stereocenters. The SMILES string of the molecule is Cc1cc(C[C@@H](OC(=O)N2CCC(N3Cc4sccc4NC3=O)CC2)C(=O)N2CCC(N(C)C)CC2)cc(Cl)c1N. The number of halogens is 1. The molecule has 222 valence electrons. The number of thiophene rings is 1. The van der Waals surface area contributed by atoms with Gasteiger partial charge in [-0.05, 0) is 75.3 Å². The van der Waals surface area contributed by atoms with Crippen LogP contribution in [0.25, 0.3) is 0 Å². The fourth-order valence-corrected chi connectivity index (χ4v) is 7.10. The molecule has 4 amide bonds. The van der Waals surface area contributed by atoms with Gasteiger partial charge < -0.3 is 35.4 Å². The van der Waals surface area contributed by atoms with E-state index in [4.69, 9.17) is 22.1 Å². The number of carbonyl (C=O) groups is 3. The van der Waals surface area contributed by atoms with E-state index in [0.717, 1.165) is 34.5 Å². The summed E-state index contributed by atoms with van der Waals surface area (Å²) in [6, 6.07) is 5.91. The van der Waals surface area contributed by atoms with Crippen LogP contribution in [0.15, 0.2) is 23.6 Å². The topological polar surface area (TPSA) is 111 Å². The molecule has 10 nitrogen and oxygen atoms in total. The van der Waals surface area contributed by atoms with Crippen molar-refractivity contribution in [2.24, 2.45) is 0 Å². The van der Waals surface area contributed by atoms with Gasteiger partial charge in [-0.2, -0.15) is 0 Å². The van der Waals surface area contributed by atoms with E-state index in [1.54, 1.807) is 22.3 Å². The van der Waals surface area contributed by atoms with Crippen LogP contribution in [0.4, 0.5) is 21.0 Å². The summed E-state index contributed by atoms with van der Waals surface area (Å²) in [5, 5.41) is 5.36. The number of nitrogen functional groups attached to an aromatic ring is 1. The summed E-state index contributed by atoms with van der Waals surface area (Å²) in [5.74, 6) is -0.187. The summed E-state index contributed by atoms with van der Waals surface area (Å²) in [5.41, 5.74) is 9.03. The van der Waals surface area contributed by atoms with Crippen molar-refractivity contribution in [1.29, 1.82) is 0 Å². The van der Waals surface area contributed by atoms with E-state index in [9.17, 15) is 14.4 Å². The first-order valence-corrected chi connectivity index (χ1v) is 15.5. The monoisotopic (exact) mass is 602 g/mol. The van der Waals surface area contributed by atoms with Crippen LogP contribution in [-0.2, 0) is 22.5 Å². The van der Waals surface area contributed by atoms with Crippen molar-refractivity contribution in [1.82, 2.24) is 19.6 Å². The molecule has 3 aliphatic heterocycles. The van der Waals surface area contributed by atoms with Crippen LogP contribution in [-0.4, -0.2) is 96.1 Å². The zero-order valence-corrected chi connectivity index (χ0v) is 25.5. The van der Waals surface area contributed by atoms with Gasteiger partial charge in [0.2, 0.25) is 0 Å². The standard InChI is InChI=1S/C29H39ClN6O4S/c1-18-14-19(15-22(30)26(18)31)16-24(27(37)34-9-4-20(5-10-34)33(2)3)40-29(39)35-11-6-21(7-12-35)36-17-25-23(8-13-41-25)32-28(36)38/h8,13-15,20-21,24H,4-7,9-12,16-17,31H2,1-3H3,(H,32,38)/t24-/m1/s1. The number of benzene rings is 1. The lowest BCUT2D eigenvalue weighted by atomic mass is 10.0. The van der Waals surface area contributed by atoms with E-state index in [-0.39, 0.29) is 24.4 Å². The highest BCUT2D eigenvalue weighted by molar-refractivity contribution is 7.10. The van der Waals surface area contributed by atoms with Crippen molar-refractivity contribution in [3.05, 3.63) is 44.6 Å². The maximum atomic E-state index is 13.7. The Morgan fingerprint density at radius 1 is 1.15 bits per heavy atom. The predicted molar refractivity (Wildman–Crippen MR) is 161 cm³/mol. The third-order valence-electron chi connectivity index (χ3n) is 8.57. The molecule has 0 radical (unpaired) electrons. The number of hydrogen-bond donors (Lipinski definition) is 2. The first kappa shape index (κ1) is 29.5. The zero-order valence-electron chi connectivity index (χ0n) is 23.9. The highest BCUT2D eigenvalue weighted by Crippen LogP contribution is 2.32. The minimum atomic E-state index is -0.972. The minimum Gasteiger partial charge on any atom is -0.436 e. The van der Waals surface area contributed by atoms with Gasteiger partial charge in [0.1, 0.15) is 0 Å². The van der Waals surface area contributed by atoms with Gasteiger partial charge in [-0.1, -0.05) is 17.7 Å². The summed E-state index contributed by atoms with van der Waals surface area (Å²) in [6.07, 6.45) is 1.77. The Morgan fingerprint density at radius 3 is 2.49 bits per heavy atom. The third kappa shape index (κ3) is 6.57. The first-order chi connectivity index (χ1) is 19.6. The second kappa shape index (κ2) is 12.5. The highest BCUT2D eigenvalue weighted by atomic mass is 35.5. The van der Waals surface area contributed by atoms with Crippen LogP contribution < -0.4 is 11.1 Å². The number of amides is 4. The molecule has 2 saturated heterocycles. The van der Waals surface area contributed by atoms with Crippen LogP contribution in [0, 0.1) is 6.92 Å². The molecule has 0 spiro atoms. The fourth-order valence-electron chi connectivity index (χ4n) is 5.98. The third-order valence-corrected chi connectivity index (χ3v) is 9.79. The maximum Gasteiger partial charge on any atom is 0.410 e. The Kier molecular flexibility index (Phi) is 8.96. The Hall–Kier alpha value is -3.02. The van der Waals surface area contributed by atoms with Crippen LogP contribution in [0.5, 0.6) is 0 Å². The van der Waals surface area contributed by atoms with E-state index in [1.165, 1.54) is 0 Å². The summed E-state index contributed by atoms with van der Waals surface area (Å²) < 4.78 is 5.95. The van der Waals surface area contributed by atoms with Crippen molar-refractivity contribution >= 4 is 52.3 Å². The number of ether oxygens (including phenoxy) is 1. The van der Waals surface area contributed by atoms with E-state index in [2.05, 4.69) is 24.3 Å². The normalized spacial score (nSPS) is 19.2. The lowest BCUT2D eigenvalue weighted by molar-refractivity contribution is -0.142. The molecule has 1 aromatic carbocycles. The average molecular weight is 603 g/mol. The van der Waals surface area contributed by atoms with Gasteiger partial charge in [0, 0.05) is 49.6 Å². The number of anilines is 2. The number of carbonyl (C=O) groups excluding carboxylic acids is 3. The molecule has 0 aliphatic carbocycles. The molecule has 12 heteroatoms. The van der Waals surface area contributed by atoms with Gasteiger partial charge in [0.05, 0.1) is 22.9 Å². The molecule has 1 atom stereocenters. The molecular weight excluding hydrogens is 564 g/mol. The zero-order chi connectivity index (χ0) is 29.3. The molecule has 5 rings (SSSR count). The maximum absolute atomic E-state index is 13.7. The number of nitrogens with two attached hydrogens (primary N) is 1. The van der Waals surface area contributed by atoms with Gasteiger partial charge in [-0.15, -0.1) is 11.3 Å². The van der Waals surface area contributed by atoms with E-state index in [0.29, 0.717) is 62.3 Å². The number of hydrogen-bond acceptors (Lipinski definition) is 7. The molecular formula is C29H39ClN6O4S. The van der Waals surface area contributed by atoms with Gasteiger partial charge in [-0.3, -0.25) is 4.79 Å². The minimum absolute atomic E-state index is 0.0321. The van der Waals surface area contributed by atoms with Crippen LogP contribution in [0.3, 0.4) is 0 Å². The molecule has 4 heterocycles. The molecule has 0 bridgehead atoms. The summed E-state index contributed by atoms with van der Waals surface area (Å²) in [7, 11) is 4.11. The number of rotatable bonds is 6. The molecule has 3 aliphatic rings. The van der Waals surface area contributed by atoms with Crippen LogP contribution >= 0.6 is 22.9 Å². The second-order valence-electron chi connectivity index (χ2n) is 11.4. The van der Waals surface area contributed by atoms with Crippen molar-refractivity contribution in [3.8, 4) is 0 Å². The molecule has 1 aromatic heterocycles. The number of likely N-dealkylation sites (tertiary alicyclic amines) is 2. The van der Waals surface area contributed by atoms with E-state index < -0.39 is 12.2 Å². The van der Waals surface area contributed by atoms with Crippen molar-refractivity contribution < 1.29 is 19.1 Å². The predicted octanol–water partition coefficient (Wildman–Crippen LogP) is 4.40. The van der Waals surface area contributed by atoms with Crippen molar-refractivity contribution in [2.75, 3.05) is 51.3 Å². The van der Waals surface area contributed by atoms with Crippen molar-refractivity contribution in [3.63, 3.8) is 0 Å². The highest BCUT2D eigenvalue weighted by Gasteiger charge is 2.36. The first-order valence-electron chi connectivity index (χ1n) is 14.2. The summed E-state index contributed by atoms with van der Waals surface area (Å²) >= 11 is 7.97.